The molecule has 0 aliphatic heterocycles. The van der Waals surface area contributed by atoms with Gasteiger partial charge in [-0.3, -0.25) is 25.8 Å². The maximum absolute atomic E-state index is 11.7. The van der Waals surface area contributed by atoms with Crippen LogP contribution in [0.5, 0.6) is 5.75 Å². The molecule has 0 radical (unpaired) electrons. The number of para-hydroxylation sites is 1. The van der Waals surface area contributed by atoms with Crippen LogP contribution in [0.4, 0.5) is 0 Å². The van der Waals surface area contributed by atoms with Crippen molar-refractivity contribution in [1.82, 2.24) is 16.2 Å². The first-order chi connectivity index (χ1) is 12.0. The lowest BCUT2D eigenvalue weighted by atomic mass is 10.2. The Balaban J connectivity index is 1.68. The molecule has 1 aromatic carbocycles. The highest BCUT2D eigenvalue weighted by atomic mass is 32.1. The van der Waals surface area contributed by atoms with Crippen molar-refractivity contribution in [2.24, 2.45) is 0 Å². The van der Waals surface area contributed by atoms with E-state index < -0.39 is 11.8 Å². The quantitative estimate of drug-likeness (QED) is 0.424. The molecule has 0 bridgehead atoms. The van der Waals surface area contributed by atoms with Crippen molar-refractivity contribution >= 4 is 46.6 Å². The molecular formula is C17H17N3O3S2. The fourth-order valence-corrected chi connectivity index (χ4v) is 2.52. The first-order valence-electron chi connectivity index (χ1n) is 7.34. The van der Waals surface area contributed by atoms with Crippen molar-refractivity contribution in [2.75, 3.05) is 6.61 Å². The summed E-state index contributed by atoms with van der Waals surface area (Å²) < 4.78 is 5.40. The predicted molar refractivity (Wildman–Crippen MR) is 102 cm³/mol. The lowest BCUT2D eigenvalue weighted by Crippen LogP contribution is -2.49. The van der Waals surface area contributed by atoms with E-state index in [1.807, 2.05) is 42.6 Å². The van der Waals surface area contributed by atoms with Crippen molar-refractivity contribution in [3.05, 3.63) is 58.3 Å². The van der Waals surface area contributed by atoms with Gasteiger partial charge in [0, 0.05) is 11.0 Å². The molecule has 8 heteroatoms. The number of ether oxygens (including phenoxy) is 1. The number of rotatable bonds is 5. The van der Waals surface area contributed by atoms with Gasteiger partial charge in [0.1, 0.15) is 5.75 Å². The predicted octanol–water partition coefficient (Wildman–Crippen LogP) is 2.17. The van der Waals surface area contributed by atoms with Crippen LogP contribution in [0.1, 0.15) is 10.4 Å². The van der Waals surface area contributed by atoms with E-state index >= 15 is 0 Å². The number of benzene rings is 1. The van der Waals surface area contributed by atoms with E-state index in [0.29, 0.717) is 5.75 Å². The zero-order chi connectivity index (χ0) is 18.1. The number of carbonyl (C=O) groups excluding carboxylic acids is 2. The molecule has 130 valence electrons. The molecule has 6 nitrogen and oxygen atoms in total. The summed E-state index contributed by atoms with van der Waals surface area (Å²) in [4.78, 5) is 24.4. The molecule has 0 unspecified atom stereocenters. The fraction of sp³-hybridized carbons (Fsp3) is 0.118. The number of hydrazine groups is 1. The van der Waals surface area contributed by atoms with Crippen LogP contribution >= 0.6 is 23.6 Å². The third kappa shape index (κ3) is 6.74. The number of hydrogen-bond acceptors (Lipinski definition) is 5. The molecule has 3 N–H and O–H groups in total. The maximum Gasteiger partial charge on any atom is 0.276 e. The minimum absolute atomic E-state index is 0.00919. The highest BCUT2D eigenvalue weighted by Gasteiger charge is 2.06. The van der Waals surface area contributed by atoms with Crippen LogP contribution in [0, 0.1) is 6.92 Å². The smallest absolute Gasteiger partial charge is 0.276 e. The average Bonchev–Trinajstić information content (AvgIpc) is 3.11. The second-order valence-corrected chi connectivity index (χ2v) is 6.28. The maximum atomic E-state index is 11.7. The van der Waals surface area contributed by atoms with Gasteiger partial charge in [0.2, 0.25) is 5.91 Å². The van der Waals surface area contributed by atoms with Crippen molar-refractivity contribution in [2.45, 2.75) is 6.92 Å². The molecule has 0 aliphatic rings. The summed E-state index contributed by atoms with van der Waals surface area (Å²) in [7, 11) is 0. The van der Waals surface area contributed by atoms with Gasteiger partial charge in [0.15, 0.2) is 11.7 Å². The van der Waals surface area contributed by atoms with E-state index in [1.54, 1.807) is 12.1 Å². The number of aryl methyl sites for hydroxylation is 1. The summed E-state index contributed by atoms with van der Waals surface area (Å²) in [6, 6.07) is 11.2. The average molecular weight is 375 g/mol. The molecule has 0 fully saturated rings. The third-order valence-electron chi connectivity index (χ3n) is 2.95. The van der Waals surface area contributed by atoms with Crippen LogP contribution in [-0.4, -0.2) is 23.5 Å². The summed E-state index contributed by atoms with van der Waals surface area (Å²) in [5, 5.41) is 4.33. The molecular weight excluding hydrogens is 358 g/mol. The van der Waals surface area contributed by atoms with Crippen LogP contribution in [0.15, 0.2) is 47.9 Å². The molecule has 0 aliphatic carbocycles. The Morgan fingerprint density at radius 1 is 1.20 bits per heavy atom. The van der Waals surface area contributed by atoms with Gasteiger partial charge in [-0.25, -0.2) is 0 Å². The van der Waals surface area contributed by atoms with Crippen LogP contribution < -0.4 is 20.9 Å². The van der Waals surface area contributed by atoms with Gasteiger partial charge in [-0.15, -0.1) is 11.3 Å². The van der Waals surface area contributed by atoms with E-state index in [2.05, 4.69) is 16.2 Å². The monoisotopic (exact) mass is 375 g/mol. The van der Waals surface area contributed by atoms with Crippen molar-refractivity contribution in [3.8, 4) is 5.75 Å². The van der Waals surface area contributed by atoms with E-state index in [0.717, 1.165) is 10.4 Å². The molecule has 0 atom stereocenters. The van der Waals surface area contributed by atoms with Gasteiger partial charge >= 0.3 is 0 Å². The van der Waals surface area contributed by atoms with Crippen LogP contribution in [-0.2, 0) is 9.59 Å². The lowest BCUT2D eigenvalue weighted by Gasteiger charge is -2.11. The van der Waals surface area contributed by atoms with E-state index in [4.69, 9.17) is 17.0 Å². The molecule has 2 aromatic rings. The molecule has 0 saturated heterocycles. The number of thiophene rings is 1. The third-order valence-corrected chi connectivity index (χ3v) is 3.99. The molecule has 1 aromatic heterocycles. The molecule has 1 heterocycles. The number of carbonyl (C=O) groups is 2. The van der Waals surface area contributed by atoms with Gasteiger partial charge in [-0.2, -0.15) is 0 Å². The molecule has 2 amide bonds. The van der Waals surface area contributed by atoms with Crippen LogP contribution in [0.3, 0.4) is 0 Å². The van der Waals surface area contributed by atoms with E-state index in [-0.39, 0.29) is 11.7 Å². The molecule has 25 heavy (non-hydrogen) atoms. The standard InChI is InChI=1S/C17H17N3O3S2/c1-12-5-2-3-7-14(12)23-11-16(22)19-20-17(24)18-15(21)9-8-13-6-4-10-25-13/h2-10H,11H2,1H3,(H,19,22)(H2,18,20,21,24). The highest BCUT2D eigenvalue weighted by Crippen LogP contribution is 2.15. The van der Waals surface area contributed by atoms with Crippen LogP contribution in [0.25, 0.3) is 6.08 Å². The second kappa shape index (κ2) is 9.55. The number of hydrogen-bond donors (Lipinski definition) is 3. The number of nitrogens with one attached hydrogen (secondary N) is 3. The number of thiocarbonyl (C=S) groups is 1. The Bertz CT molecular complexity index is 773. The highest BCUT2D eigenvalue weighted by molar-refractivity contribution is 7.80. The van der Waals surface area contributed by atoms with Gasteiger partial charge in [0.05, 0.1) is 0 Å². The Hall–Kier alpha value is -2.71. The second-order valence-electron chi connectivity index (χ2n) is 4.89. The topological polar surface area (TPSA) is 79.5 Å². The van der Waals surface area contributed by atoms with Crippen molar-refractivity contribution in [3.63, 3.8) is 0 Å². The lowest BCUT2D eigenvalue weighted by molar-refractivity contribution is -0.123. The van der Waals surface area contributed by atoms with Gasteiger partial charge in [0.25, 0.3) is 5.91 Å². The summed E-state index contributed by atoms with van der Waals surface area (Å²) in [6.45, 7) is 1.71. The first kappa shape index (κ1) is 18.6. The zero-order valence-electron chi connectivity index (χ0n) is 13.4. The first-order valence-corrected chi connectivity index (χ1v) is 8.63. The fourth-order valence-electron chi connectivity index (χ4n) is 1.75. The Labute approximate surface area is 154 Å². The summed E-state index contributed by atoms with van der Waals surface area (Å²) in [5.41, 5.74) is 5.74. The van der Waals surface area contributed by atoms with Crippen molar-refractivity contribution < 1.29 is 14.3 Å². The minimum Gasteiger partial charge on any atom is -0.483 e. The van der Waals surface area contributed by atoms with E-state index in [9.17, 15) is 9.59 Å². The summed E-state index contributed by atoms with van der Waals surface area (Å²) >= 11 is 6.45. The van der Waals surface area contributed by atoms with Crippen molar-refractivity contribution in [1.29, 1.82) is 0 Å². The molecule has 2 rings (SSSR count). The molecule has 0 saturated carbocycles. The van der Waals surface area contributed by atoms with Gasteiger partial charge < -0.3 is 4.74 Å². The normalized spacial score (nSPS) is 10.3. The Morgan fingerprint density at radius 3 is 2.72 bits per heavy atom. The molecule has 0 spiro atoms. The zero-order valence-corrected chi connectivity index (χ0v) is 15.1. The van der Waals surface area contributed by atoms with Gasteiger partial charge in [-0.1, -0.05) is 24.3 Å². The SMILES string of the molecule is Cc1ccccc1OCC(=O)NNC(=S)NC(=O)C=Cc1cccs1. The van der Waals surface area contributed by atoms with Gasteiger partial charge in [-0.05, 0) is 48.3 Å². The van der Waals surface area contributed by atoms with E-state index in [1.165, 1.54) is 17.4 Å². The Morgan fingerprint density at radius 2 is 2.00 bits per heavy atom. The summed E-state index contributed by atoms with van der Waals surface area (Å²) in [5.74, 6) is -0.183. The number of amides is 2. The Kier molecular flexibility index (Phi) is 7.12. The minimum atomic E-state index is -0.422. The summed E-state index contributed by atoms with van der Waals surface area (Å²) in [6.07, 6.45) is 3.04. The largest absolute Gasteiger partial charge is 0.483 e. The van der Waals surface area contributed by atoms with Crippen LogP contribution in [0.2, 0.25) is 0 Å².